The van der Waals surface area contributed by atoms with Crippen LogP contribution in [0.3, 0.4) is 0 Å². The summed E-state index contributed by atoms with van der Waals surface area (Å²) in [4.78, 5) is 19.2. The van der Waals surface area contributed by atoms with Gasteiger partial charge in [-0.2, -0.15) is 0 Å². The maximum absolute atomic E-state index is 13.7. The third-order valence-corrected chi connectivity index (χ3v) is 8.14. The molecule has 0 spiro atoms. The van der Waals surface area contributed by atoms with Crippen molar-refractivity contribution in [3.05, 3.63) is 86.4 Å². The van der Waals surface area contributed by atoms with Crippen LogP contribution in [0.5, 0.6) is 0 Å². The van der Waals surface area contributed by atoms with Crippen molar-refractivity contribution in [2.24, 2.45) is 0 Å². The monoisotopic (exact) mass is 532 g/mol. The Bertz CT molecular complexity index is 1450. The number of rotatable bonds is 8. The fourth-order valence-electron chi connectivity index (χ4n) is 5.96. The Kier molecular flexibility index (Phi) is 7.28. The minimum Gasteiger partial charge on any atom is -0.377 e. The summed E-state index contributed by atoms with van der Waals surface area (Å²) < 4.78 is 8.05. The first-order chi connectivity index (χ1) is 18.5. The molecule has 8 nitrogen and oxygen atoms in total. The molecular weight excluding hydrogens is 500 g/mol. The lowest BCUT2D eigenvalue weighted by molar-refractivity contribution is 0.0569. The molecule has 0 unspecified atom stereocenters. The normalized spacial score (nSPS) is 19.1. The molecule has 2 aromatic carbocycles. The number of hydrogen-bond acceptors (Lipinski definition) is 6. The molecule has 1 aliphatic carbocycles. The van der Waals surface area contributed by atoms with E-state index in [0.717, 1.165) is 67.2 Å². The van der Waals surface area contributed by atoms with E-state index < -0.39 is 6.04 Å². The van der Waals surface area contributed by atoms with Crippen molar-refractivity contribution in [1.29, 1.82) is 0 Å². The molecule has 3 heterocycles. The number of pyridine rings is 1. The highest BCUT2D eigenvalue weighted by Crippen LogP contribution is 2.35. The standard InChI is InChI=1S/C29H33ClN6O2/c1-19-8-11-21-16-25(29(37)31-26(21)15-19)27(28-32-33-34-36(28)23-5-2-3-6-23)35(18-24-7-4-14-38-24)17-20-9-12-22(30)13-10-20/h8-13,15-16,23-24,27H,2-7,14,17-18H2,1H3,(H,31,37)/t24-,27+/m0/s1. The minimum atomic E-state index is -0.445. The van der Waals surface area contributed by atoms with E-state index in [2.05, 4.69) is 37.5 Å². The summed E-state index contributed by atoms with van der Waals surface area (Å²) in [5.74, 6) is 0.709. The summed E-state index contributed by atoms with van der Waals surface area (Å²) in [5.41, 5.74) is 3.55. The second-order valence-electron chi connectivity index (χ2n) is 10.7. The van der Waals surface area contributed by atoms with Crippen molar-refractivity contribution >= 4 is 22.5 Å². The number of fused-ring (bicyclic) bond motifs is 1. The molecule has 9 heteroatoms. The van der Waals surface area contributed by atoms with Gasteiger partial charge < -0.3 is 9.72 Å². The lowest BCUT2D eigenvalue weighted by Gasteiger charge is -2.33. The molecule has 1 saturated heterocycles. The van der Waals surface area contributed by atoms with Crippen LogP contribution in [-0.2, 0) is 11.3 Å². The van der Waals surface area contributed by atoms with Gasteiger partial charge in [-0.15, -0.1) is 5.10 Å². The average Bonchev–Trinajstić information content (AvgIpc) is 3.69. The number of tetrazole rings is 1. The lowest BCUT2D eigenvalue weighted by Crippen LogP contribution is -2.39. The number of benzene rings is 2. The molecule has 1 saturated carbocycles. The molecule has 1 N–H and O–H groups in total. The molecule has 0 radical (unpaired) electrons. The zero-order chi connectivity index (χ0) is 26.1. The van der Waals surface area contributed by atoms with Gasteiger partial charge in [0.25, 0.3) is 5.56 Å². The summed E-state index contributed by atoms with van der Waals surface area (Å²) in [6.07, 6.45) is 6.53. The zero-order valence-corrected chi connectivity index (χ0v) is 22.4. The number of nitrogens with zero attached hydrogens (tertiary/aromatic N) is 5. The average molecular weight is 533 g/mol. The Hall–Kier alpha value is -3.07. The van der Waals surface area contributed by atoms with Crippen molar-refractivity contribution in [1.82, 2.24) is 30.1 Å². The molecule has 0 bridgehead atoms. The van der Waals surface area contributed by atoms with E-state index >= 15 is 0 Å². The molecule has 2 aliphatic rings. The van der Waals surface area contributed by atoms with E-state index in [1.54, 1.807) is 0 Å². The highest BCUT2D eigenvalue weighted by atomic mass is 35.5. The minimum absolute atomic E-state index is 0.0859. The first-order valence-electron chi connectivity index (χ1n) is 13.6. The van der Waals surface area contributed by atoms with Crippen LogP contribution in [-0.4, -0.2) is 49.3 Å². The van der Waals surface area contributed by atoms with Crippen LogP contribution in [0.4, 0.5) is 0 Å². The fraction of sp³-hybridized carbons (Fsp3) is 0.448. The molecule has 2 fully saturated rings. The first kappa shape index (κ1) is 25.2. The Morgan fingerprint density at radius 2 is 1.92 bits per heavy atom. The van der Waals surface area contributed by atoms with Gasteiger partial charge in [-0.05, 0) is 83.8 Å². The van der Waals surface area contributed by atoms with Gasteiger partial charge in [-0.3, -0.25) is 9.69 Å². The highest BCUT2D eigenvalue weighted by Gasteiger charge is 2.35. The third kappa shape index (κ3) is 5.25. The molecule has 1 aliphatic heterocycles. The van der Waals surface area contributed by atoms with Gasteiger partial charge in [0.05, 0.1) is 12.1 Å². The van der Waals surface area contributed by atoms with E-state index in [9.17, 15) is 4.79 Å². The van der Waals surface area contributed by atoms with Gasteiger partial charge in [0, 0.05) is 35.8 Å². The molecule has 2 aromatic heterocycles. The summed E-state index contributed by atoms with van der Waals surface area (Å²) in [7, 11) is 0. The van der Waals surface area contributed by atoms with Crippen molar-refractivity contribution < 1.29 is 4.74 Å². The molecule has 0 amide bonds. The number of hydrogen-bond donors (Lipinski definition) is 1. The topological polar surface area (TPSA) is 88.9 Å². The van der Waals surface area contributed by atoms with Gasteiger partial charge in [0.2, 0.25) is 0 Å². The van der Waals surface area contributed by atoms with Gasteiger partial charge in [-0.25, -0.2) is 4.68 Å². The number of aromatic nitrogens is 5. The van der Waals surface area contributed by atoms with Crippen LogP contribution in [0.2, 0.25) is 5.02 Å². The van der Waals surface area contributed by atoms with E-state index in [-0.39, 0.29) is 17.7 Å². The predicted octanol–water partition coefficient (Wildman–Crippen LogP) is 5.36. The van der Waals surface area contributed by atoms with Crippen LogP contribution < -0.4 is 5.56 Å². The SMILES string of the molecule is Cc1ccc2cc([C@H](c3nnnn3C3CCCC3)N(Cc3ccc(Cl)cc3)C[C@@H]3CCCO3)c(=O)[nH]c2c1. The third-order valence-electron chi connectivity index (χ3n) is 7.88. The van der Waals surface area contributed by atoms with Crippen molar-refractivity contribution in [3.63, 3.8) is 0 Å². The Morgan fingerprint density at radius 3 is 2.68 bits per heavy atom. The Balaban J connectivity index is 1.50. The predicted molar refractivity (Wildman–Crippen MR) is 147 cm³/mol. The maximum Gasteiger partial charge on any atom is 0.253 e. The maximum atomic E-state index is 13.7. The van der Waals surface area contributed by atoms with Gasteiger partial charge in [0.1, 0.15) is 6.04 Å². The Labute approximate surface area is 227 Å². The number of aryl methyl sites for hydroxylation is 1. The van der Waals surface area contributed by atoms with Gasteiger partial charge >= 0.3 is 0 Å². The van der Waals surface area contributed by atoms with Crippen LogP contribution in [0.15, 0.2) is 53.3 Å². The molecule has 6 rings (SSSR count). The van der Waals surface area contributed by atoms with E-state index in [1.165, 1.54) is 0 Å². The van der Waals surface area contributed by atoms with Crippen LogP contribution >= 0.6 is 11.6 Å². The molecular formula is C29H33ClN6O2. The summed E-state index contributed by atoms with van der Waals surface area (Å²) in [6.45, 7) is 4.06. The lowest BCUT2D eigenvalue weighted by atomic mass is 10.0. The van der Waals surface area contributed by atoms with Crippen LogP contribution in [0, 0.1) is 6.92 Å². The van der Waals surface area contributed by atoms with Crippen molar-refractivity contribution in [2.45, 2.75) is 70.2 Å². The Morgan fingerprint density at radius 1 is 1.11 bits per heavy atom. The molecule has 2 atom stereocenters. The zero-order valence-electron chi connectivity index (χ0n) is 21.6. The number of ether oxygens (including phenoxy) is 1. The second-order valence-corrected chi connectivity index (χ2v) is 11.1. The number of halogens is 1. The number of aromatic amines is 1. The molecule has 4 aromatic rings. The number of H-pyrrole nitrogens is 1. The first-order valence-corrected chi connectivity index (χ1v) is 13.9. The quantitative estimate of drug-likeness (QED) is 0.328. The van der Waals surface area contributed by atoms with E-state index in [4.69, 9.17) is 16.3 Å². The van der Waals surface area contributed by atoms with Crippen LogP contribution in [0.1, 0.15) is 73.1 Å². The molecule has 38 heavy (non-hydrogen) atoms. The van der Waals surface area contributed by atoms with Crippen LogP contribution in [0.25, 0.3) is 10.9 Å². The van der Waals surface area contributed by atoms with Gasteiger partial charge in [0.15, 0.2) is 5.82 Å². The second kappa shape index (κ2) is 11.0. The van der Waals surface area contributed by atoms with E-state index in [1.807, 2.05) is 48.0 Å². The smallest absolute Gasteiger partial charge is 0.253 e. The van der Waals surface area contributed by atoms with Gasteiger partial charge in [-0.1, -0.05) is 48.7 Å². The van der Waals surface area contributed by atoms with Crippen molar-refractivity contribution in [3.8, 4) is 0 Å². The van der Waals surface area contributed by atoms with Crippen molar-refractivity contribution in [2.75, 3.05) is 13.2 Å². The van der Waals surface area contributed by atoms with E-state index in [0.29, 0.717) is 29.5 Å². The summed E-state index contributed by atoms with van der Waals surface area (Å²) in [6, 6.07) is 15.8. The number of nitrogens with one attached hydrogen (secondary N) is 1. The largest absolute Gasteiger partial charge is 0.377 e. The highest BCUT2D eigenvalue weighted by molar-refractivity contribution is 6.30. The summed E-state index contributed by atoms with van der Waals surface area (Å²) in [5, 5.41) is 14.8. The fourth-order valence-corrected chi connectivity index (χ4v) is 6.08. The summed E-state index contributed by atoms with van der Waals surface area (Å²) >= 11 is 6.20. The molecule has 198 valence electrons.